The van der Waals surface area contributed by atoms with E-state index in [1.807, 2.05) is 13.0 Å². The number of ether oxygens (including phenoxy) is 1. The third kappa shape index (κ3) is 5.16. The molecule has 0 spiro atoms. The summed E-state index contributed by atoms with van der Waals surface area (Å²) in [6, 6.07) is 8.40. The Morgan fingerprint density at radius 2 is 1.96 bits per heavy atom. The second-order valence-electron chi connectivity index (χ2n) is 8.04. The van der Waals surface area contributed by atoms with E-state index < -0.39 is 0 Å². The second kappa shape index (κ2) is 9.28. The lowest BCUT2D eigenvalue weighted by Crippen LogP contribution is -2.45. The predicted octanol–water partition coefficient (Wildman–Crippen LogP) is 4.29. The van der Waals surface area contributed by atoms with Crippen LogP contribution in [0, 0.1) is 13.8 Å². The molecule has 1 fully saturated rings. The van der Waals surface area contributed by atoms with Gasteiger partial charge in [-0.05, 0) is 61.9 Å². The summed E-state index contributed by atoms with van der Waals surface area (Å²) in [5, 5.41) is 3.09. The van der Waals surface area contributed by atoms with Crippen molar-refractivity contribution in [1.29, 1.82) is 0 Å². The number of benzene rings is 1. The Morgan fingerprint density at radius 1 is 1.21 bits per heavy atom. The molecule has 3 rings (SSSR count). The van der Waals surface area contributed by atoms with Crippen LogP contribution in [-0.4, -0.2) is 43.1 Å². The van der Waals surface area contributed by atoms with Crippen LogP contribution in [0.2, 0.25) is 0 Å². The maximum atomic E-state index is 12.3. The van der Waals surface area contributed by atoms with Gasteiger partial charge in [0.15, 0.2) is 5.76 Å². The van der Waals surface area contributed by atoms with Crippen molar-refractivity contribution in [1.82, 2.24) is 10.2 Å². The molecule has 5 heteroatoms. The molecule has 0 bridgehead atoms. The normalized spacial score (nSPS) is 15.8. The number of nitrogens with zero attached hydrogens (tertiary/aromatic N) is 1. The molecule has 1 aromatic heterocycles. The van der Waals surface area contributed by atoms with Gasteiger partial charge in [-0.3, -0.25) is 9.69 Å². The van der Waals surface area contributed by atoms with Gasteiger partial charge in [-0.1, -0.05) is 19.9 Å². The topological polar surface area (TPSA) is 54.7 Å². The number of piperidine rings is 1. The Kier molecular flexibility index (Phi) is 6.79. The van der Waals surface area contributed by atoms with Gasteiger partial charge in [0, 0.05) is 31.2 Å². The van der Waals surface area contributed by atoms with E-state index in [1.165, 1.54) is 11.1 Å². The molecule has 0 saturated carbocycles. The van der Waals surface area contributed by atoms with E-state index in [0.717, 1.165) is 43.8 Å². The summed E-state index contributed by atoms with van der Waals surface area (Å²) >= 11 is 0. The zero-order chi connectivity index (χ0) is 20.1. The Bertz CT molecular complexity index is 789. The first-order chi connectivity index (χ1) is 13.4. The van der Waals surface area contributed by atoms with Crippen molar-refractivity contribution in [3.8, 4) is 5.75 Å². The van der Waals surface area contributed by atoms with E-state index >= 15 is 0 Å². The van der Waals surface area contributed by atoms with Crippen molar-refractivity contribution in [2.75, 3.05) is 26.2 Å². The largest absolute Gasteiger partial charge is 0.492 e. The average molecular weight is 385 g/mol. The number of hydrogen-bond acceptors (Lipinski definition) is 4. The first kappa shape index (κ1) is 20.5. The molecular weight excluding hydrogens is 352 g/mol. The van der Waals surface area contributed by atoms with Crippen LogP contribution in [0.5, 0.6) is 5.75 Å². The number of likely N-dealkylation sites (tertiary alicyclic amines) is 1. The highest BCUT2D eigenvalue weighted by atomic mass is 16.5. The van der Waals surface area contributed by atoms with Gasteiger partial charge >= 0.3 is 0 Å². The molecule has 2 heterocycles. The van der Waals surface area contributed by atoms with Gasteiger partial charge in [0.2, 0.25) is 0 Å². The summed E-state index contributed by atoms with van der Waals surface area (Å²) in [6.45, 7) is 12.0. The molecular formula is C23H32N2O3. The monoisotopic (exact) mass is 384 g/mol. The highest BCUT2D eigenvalue weighted by Crippen LogP contribution is 2.23. The molecule has 0 radical (unpaired) electrons. The maximum Gasteiger partial charge on any atom is 0.287 e. The number of carbonyl (C=O) groups excluding carboxylic acids is 1. The number of nitrogens with one attached hydrogen (secondary N) is 1. The molecule has 1 aliphatic heterocycles. The Morgan fingerprint density at radius 3 is 2.57 bits per heavy atom. The highest BCUT2D eigenvalue weighted by molar-refractivity contribution is 5.92. The van der Waals surface area contributed by atoms with E-state index in [2.05, 4.69) is 49.2 Å². The van der Waals surface area contributed by atoms with Gasteiger partial charge in [0.1, 0.15) is 12.4 Å². The van der Waals surface area contributed by atoms with E-state index in [1.54, 1.807) is 6.26 Å². The standard InChI is InChI=1S/C23H32N2O3/c1-16(2)21-6-5-20(15-18(21)4)27-14-12-25-10-7-19(8-11-25)24-23(26)22-17(3)9-13-28-22/h5-6,9,13,15-16,19H,7-8,10-12,14H2,1-4H3,(H,24,26). The molecule has 2 aromatic rings. The molecule has 1 N–H and O–H groups in total. The minimum Gasteiger partial charge on any atom is -0.492 e. The van der Waals surface area contributed by atoms with Crippen LogP contribution >= 0.6 is 0 Å². The van der Waals surface area contributed by atoms with Crippen molar-refractivity contribution >= 4 is 5.91 Å². The Hall–Kier alpha value is -2.27. The van der Waals surface area contributed by atoms with Gasteiger partial charge in [-0.2, -0.15) is 0 Å². The molecule has 1 amide bonds. The van der Waals surface area contributed by atoms with Crippen molar-refractivity contribution < 1.29 is 13.9 Å². The highest BCUT2D eigenvalue weighted by Gasteiger charge is 2.22. The molecule has 0 unspecified atom stereocenters. The molecule has 1 aliphatic rings. The van der Waals surface area contributed by atoms with Crippen LogP contribution in [0.4, 0.5) is 0 Å². The van der Waals surface area contributed by atoms with E-state index in [4.69, 9.17) is 9.15 Å². The van der Waals surface area contributed by atoms with Gasteiger partial charge in [0.25, 0.3) is 5.91 Å². The predicted molar refractivity (Wildman–Crippen MR) is 111 cm³/mol. The average Bonchev–Trinajstić information content (AvgIpc) is 3.09. The third-order valence-corrected chi connectivity index (χ3v) is 5.53. The number of aryl methyl sites for hydroxylation is 2. The fraction of sp³-hybridized carbons (Fsp3) is 0.522. The van der Waals surface area contributed by atoms with Crippen LogP contribution in [0.1, 0.15) is 59.9 Å². The number of furan rings is 1. The summed E-state index contributed by atoms with van der Waals surface area (Å²) < 4.78 is 11.2. The van der Waals surface area contributed by atoms with Crippen LogP contribution in [0.25, 0.3) is 0 Å². The summed E-state index contributed by atoms with van der Waals surface area (Å²) in [5.41, 5.74) is 3.54. The molecule has 1 aromatic carbocycles. The molecule has 0 aliphatic carbocycles. The summed E-state index contributed by atoms with van der Waals surface area (Å²) in [6.07, 6.45) is 3.46. The van der Waals surface area contributed by atoms with Crippen molar-refractivity contribution in [3.63, 3.8) is 0 Å². The Balaban J connectivity index is 1.38. The minimum atomic E-state index is -0.107. The lowest BCUT2D eigenvalue weighted by atomic mass is 9.98. The summed E-state index contributed by atoms with van der Waals surface area (Å²) in [7, 11) is 0. The van der Waals surface area contributed by atoms with E-state index in [0.29, 0.717) is 18.3 Å². The molecule has 0 atom stereocenters. The van der Waals surface area contributed by atoms with E-state index in [9.17, 15) is 4.79 Å². The van der Waals surface area contributed by atoms with Crippen LogP contribution < -0.4 is 10.1 Å². The zero-order valence-corrected chi connectivity index (χ0v) is 17.5. The minimum absolute atomic E-state index is 0.107. The molecule has 152 valence electrons. The Labute approximate surface area is 168 Å². The molecule has 1 saturated heterocycles. The fourth-order valence-corrected chi connectivity index (χ4v) is 3.84. The number of amides is 1. The van der Waals surface area contributed by atoms with Crippen LogP contribution in [0.3, 0.4) is 0 Å². The fourth-order valence-electron chi connectivity index (χ4n) is 3.84. The second-order valence-corrected chi connectivity index (χ2v) is 8.04. The maximum absolute atomic E-state index is 12.3. The number of carbonyl (C=O) groups is 1. The van der Waals surface area contributed by atoms with Crippen LogP contribution in [0.15, 0.2) is 34.9 Å². The van der Waals surface area contributed by atoms with Crippen molar-refractivity contribution in [2.24, 2.45) is 0 Å². The van der Waals surface area contributed by atoms with Gasteiger partial charge < -0.3 is 14.5 Å². The lowest BCUT2D eigenvalue weighted by Gasteiger charge is -2.32. The summed E-state index contributed by atoms with van der Waals surface area (Å²) in [5.74, 6) is 1.80. The van der Waals surface area contributed by atoms with Crippen molar-refractivity contribution in [2.45, 2.75) is 52.5 Å². The lowest BCUT2D eigenvalue weighted by molar-refractivity contribution is 0.0877. The smallest absolute Gasteiger partial charge is 0.287 e. The quantitative estimate of drug-likeness (QED) is 0.774. The first-order valence-electron chi connectivity index (χ1n) is 10.2. The van der Waals surface area contributed by atoms with Gasteiger partial charge in [-0.15, -0.1) is 0 Å². The van der Waals surface area contributed by atoms with Crippen LogP contribution in [-0.2, 0) is 0 Å². The summed E-state index contributed by atoms with van der Waals surface area (Å²) in [4.78, 5) is 14.7. The number of rotatable bonds is 7. The SMILES string of the molecule is Cc1cc(OCCN2CCC(NC(=O)c3occc3C)CC2)ccc1C(C)C. The first-order valence-corrected chi connectivity index (χ1v) is 10.2. The number of hydrogen-bond donors (Lipinski definition) is 1. The molecule has 5 nitrogen and oxygen atoms in total. The third-order valence-electron chi connectivity index (χ3n) is 5.53. The zero-order valence-electron chi connectivity index (χ0n) is 17.5. The molecule has 28 heavy (non-hydrogen) atoms. The van der Waals surface area contributed by atoms with Gasteiger partial charge in [-0.25, -0.2) is 0 Å². The van der Waals surface area contributed by atoms with Crippen molar-refractivity contribution in [3.05, 3.63) is 53.0 Å². The van der Waals surface area contributed by atoms with Gasteiger partial charge in [0.05, 0.1) is 6.26 Å². The van der Waals surface area contributed by atoms with E-state index in [-0.39, 0.29) is 11.9 Å².